The number of nitrogens with zero attached hydrogens (tertiary/aromatic N) is 5. The van der Waals surface area contributed by atoms with Crippen molar-refractivity contribution in [2.24, 2.45) is 0 Å². The lowest BCUT2D eigenvalue weighted by atomic mass is 10.1. The molecule has 7 nitrogen and oxygen atoms in total. The van der Waals surface area contributed by atoms with E-state index in [0.29, 0.717) is 11.7 Å². The molecule has 0 aliphatic heterocycles. The standard InChI is InChI=1S/C25H26N6OS/c1-3-30-24(19-13-14-19)27-28-25(30)33-16-23(32)26-22-15-21(18-11-9-17(2)10-12-18)29-31(22)20-7-5-4-6-8-20/h4-12,15,19H,3,13-14,16H2,1-2H3,(H,26,32). The average Bonchev–Trinajstić information content (AvgIpc) is 3.47. The molecule has 1 N–H and O–H groups in total. The van der Waals surface area contributed by atoms with Gasteiger partial charge in [0.15, 0.2) is 5.16 Å². The van der Waals surface area contributed by atoms with Gasteiger partial charge in [0.1, 0.15) is 11.6 Å². The Bertz CT molecular complexity index is 1260. The normalized spacial score (nSPS) is 13.3. The molecular weight excluding hydrogens is 432 g/mol. The van der Waals surface area contributed by atoms with Gasteiger partial charge in [-0.25, -0.2) is 4.68 Å². The van der Waals surface area contributed by atoms with E-state index >= 15 is 0 Å². The van der Waals surface area contributed by atoms with Crippen LogP contribution in [0.15, 0.2) is 65.8 Å². The summed E-state index contributed by atoms with van der Waals surface area (Å²) in [4.78, 5) is 12.9. The summed E-state index contributed by atoms with van der Waals surface area (Å²) in [5.41, 5.74) is 3.89. The van der Waals surface area contributed by atoms with Crippen LogP contribution in [0, 0.1) is 6.92 Å². The first kappa shape index (κ1) is 21.5. The summed E-state index contributed by atoms with van der Waals surface area (Å²) >= 11 is 1.42. The Morgan fingerprint density at radius 1 is 1.09 bits per heavy atom. The van der Waals surface area contributed by atoms with Crippen molar-refractivity contribution < 1.29 is 4.79 Å². The van der Waals surface area contributed by atoms with Gasteiger partial charge in [0, 0.05) is 24.1 Å². The van der Waals surface area contributed by atoms with Gasteiger partial charge in [-0.1, -0.05) is 59.8 Å². The summed E-state index contributed by atoms with van der Waals surface area (Å²) in [5, 5.41) is 17.3. The van der Waals surface area contributed by atoms with Gasteiger partial charge >= 0.3 is 0 Å². The van der Waals surface area contributed by atoms with Gasteiger partial charge in [0.2, 0.25) is 5.91 Å². The summed E-state index contributed by atoms with van der Waals surface area (Å²) in [6, 6.07) is 19.9. The number of carbonyl (C=O) groups excluding carboxylic acids is 1. The zero-order chi connectivity index (χ0) is 22.8. The molecule has 2 aromatic carbocycles. The molecule has 0 atom stereocenters. The summed E-state index contributed by atoms with van der Waals surface area (Å²) in [5.74, 6) is 2.36. The average molecular weight is 459 g/mol. The maximum atomic E-state index is 12.9. The van der Waals surface area contributed by atoms with E-state index in [0.717, 1.165) is 34.5 Å². The molecule has 0 unspecified atom stereocenters. The Labute approximate surface area is 197 Å². The van der Waals surface area contributed by atoms with Crippen LogP contribution in [0.5, 0.6) is 0 Å². The third-order valence-electron chi connectivity index (χ3n) is 5.66. The Morgan fingerprint density at radius 3 is 2.55 bits per heavy atom. The van der Waals surface area contributed by atoms with Crippen LogP contribution in [-0.4, -0.2) is 36.2 Å². The molecule has 0 radical (unpaired) electrons. The zero-order valence-electron chi connectivity index (χ0n) is 18.7. The number of anilines is 1. The van der Waals surface area contributed by atoms with Crippen LogP contribution in [0.4, 0.5) is 5.82 Å². The molecule has 168 valence electrons. The van der Waals surface area contributed by atoms with E-state index in [1.165, 1.54) is 30.2 Å². The molecule has 0 bridgehead atoms. The lowest BCUT2D eigenvalue weighted by Crippen LogP contribution is -2.17. The predicted octanol–water partition coefficient (Wildman–Crippen LogP) is 5.07. The molecule has 8 heteroatoms. The van der Waals surface area contributed by atoms with Crippen LogP contribution in [-0.2, 0) is 11.3 Å². The lowest BCUT2D eigenvalue weighted by Gasteiger charge is -2.09. The third-order valence-corrected chi connectivity index (χ3v) is 6.63. The van der Waals surface area contributed by atoms with Gasteiger partial charge in [0.05, 0.1) is 17.1 Å². The third kappa shape index (κ3) is 4.71. The molecule has 1 saturated carbocycles. The maximum Gasteiger partial charge on any atom is 0.236 e. The first-order valence-electron chi connectivity index (χ1n) is 11.2. The molecule has 5 rings (SSSR count). The number of carbonyl (C=O) groups is 1. The van der Waals surface area contributed by atoms with E-state index in [4.69, 9.17) is 5.10 Å². The van der Waals surface area contributed by atoms with Crippen LogP contribution in [0.1, 0.15) is 37.1 Å². The molecule has 1 fully saturated rings. The zero-order valence-corrected chi connectivity index (χ0v) is 19.5. The van der Waals surface area contributed by atoms with E-state index < -0.39 is 0 Å². The van der Waals surface area contributed by atoms with Crippen molar-refractivity contribution in [3.63, 3.8) is 0 Å². The molecule has 4 aromatic rings. The van der Waals surface area contributed by atoms with Crippen molar-refractivity contribution in [2.75, 3.05) is 11.1 Å². The van der Waals surface area contributed by atoms with Crippen molar-refractivity contribution in [1.82, 2.24) is 24.5 Å². The van der Waals surface area contributed by atoms with Crippen LogP contribution in [0.25, 0.3) is 16.9 Å². The van der Waals surface area contributed by atoms with E-state index in [9.17, 15) is 4.79 Å². The van der Waals surface area contributed by atoms with Gasteiger partial charge in [-0.15, -0.1) is 10.2 Å². The number of rotatable bonds is 8. The second-order valence-corrected chi connectivity index (χ2v) is 9.17. The number of para-hydroxylation sites is 1. The van der Waals surface area contributed by atoms with E-state index in [-0.39, 0.29) is 11.7 Å². The monoisotopic (exact) mass is 458 g/mol. The largest absolute Gasteiger partial charge is 0.310 e. The van der Waals surface area contributed by atoms with E-state index in [1.807, 2.05) is 48.5 Å². The topological polar surface area (TPSA) is 77.6 Å². The smallest absolute Gasteiger partial charge is 0.236 e. The maximum absolute atomic E-state index is 12.9. The number of aromatic nitrogens is 5. The van der Waals surface area contributed by atoms with Crippen LogP contribution in [0.2, 0.25) is 0 Å². The number of hydrogen-bond donors (Lipinski definition) is 1. The molecular formula is C25H26N6OS. The fourth-order valence-electron chi connectivity index (χ4n) is 3.76. The number of amides is 1. The van der Waals surface area contributed by atoms with Gasteiger partial charge < -0.3 is 9.88 Å². The van der Waals surface area contributed by atoms with Crippen molar-refractivity contribution in [1.29, 1.82) is 0 Å². The van der Waals surface area contributed by atoms with Crippen molar-refractivity contribution in [3.8, 4) is 16.9 Å². The fourth-order valence-corrected chi connectivity index (χ4v) is 4.57. The first-order valence-corrected chi connectivity index (χ1v) is 12.2. The summed E-state index contributed by atoms with van der Waals surface area (Å²) in [6.45, 7) is 4.95. The van der Waals surface area contributed by atoms with Gasteiger partial charge in [-0.2, -0.15) is 5.10 Å². The summed E-state index contributed by atoms with van der Waals surface area (Å²) < 4.78 is 3.90. The minimum atomic E-state index is -0.105. The van der Waals surface area contributed by atoms with Crippen molar-refractivity contribution in [2.45, 2.75) is 44.3 Å². The second kappa shape index (κ2) is 9.23. The van der Waals surface area contributed by atoms with Gasteiger partial charge in [-0.05, 0) is 38.8 Å². The molecule has 2 aromatic heterocycles. The number of aryl methyl sites for hydroxylation is 1. The SMILES string of the molecule is CCn1c(SCC(=O)Nc2cc(-c3ccc(C)cc3)nn2-c2ccccc2)nnc1C1CC1. The molecule has 2 heterocycles. The van der Waals surface area contributed by atoms with Crippen LogP contribution in [0.3, 0.4) is 0 Å². The molecule has 1 aliphatic carbocycles. The first-order chi connectivity index (χ1) is 16.1. The van der Waals surface area contributed by atoms with E-state index in [2.05, 4.69) is 46.1 Å². The Hall–Kier alpha value is -3.39. The Morgan fingerprint density at radius 2 is 1.85 bits per heavy atom. The summed E-state index contributed by atoms with van der Waals surface area (Å²) in [6.07, 6.45) is 2.35. The highest BCUT2D eigenvalue weighted by Crippen LogP contribution is 2.40. The quantitative estimate of drug-likeness (QED) is 0.373. The van der Waals surface area contributed by atoms with Gasteiger partial charge in [0.25, 0.3) is 0 Å². The minimum Gasteiger partial charge on any atom is -0.310 e. The highest BCUT2D eigenvalue weighted by atomic mass is 32.2. The van der Waals surface area contributed by atoms with Crippen LogP contribution < -0.4 is 5.32 Å². The molecule has 33 heavy (non-hydrogen) atoms. The minimum absolute atomic E-state index is 0.105. The number of benzene rings is 2. The van der Waals surface area contributed by atoms with Gasteiger partial charge in [-0.3, -0.25) is 4.79 Å². The highest BCUT2D eigenvalue weighted by Gasteiger charge is 2.30. The number of thioether (sulfide) groups is 1. The van der Waals surface area contributed by atoms with Crippen molar-refractivity contribution >= 4 is 23.5 Å². The Kier molecular flexibility index (Phi) is 6.00. The van der Waals surface area contributed by atoms with Crippen LogP contribution >= 0.6 is 11.8 Å². The molecule has 1 amide bonds. The second-order valence-electron chi connectivity index (χ2n) is 8.22. The number of hydrogen-bond acceptors (Lipinski definition) is 5. The predicted molar refractivity (Wildman–Crippen MR) is 131 cm³/mol. The summed E-state index contributed by atoms with van der Waals surface area (Å²) in [7, 11) is 0. The molecule has 1 aliphatic rings. The van der Waals surface area contributed by atoms with E-state index in [1.54, 1.807) is 4.68 Å². The van der Waals surface area contributed by atoms with Crippen molar-refractivity contribution in [3.05, 3.63) is 72.1 Å². The fraction of sp³-hybridized carbons (Fsp3) is 0.280. The lowest BCUT2D eigenvalue weighted by molar-refractivity contribution is -0.113. The molecule has 0 spiro atoms. The number of nitrogens with one attached hydrogen (secondary N) is 1. The Balaban J connectivity index is 1.35. The molecule has 0 saturated heterocycles. The highest BCUT2D eigenvalue weighted by molar-refractivity contribution is 7.99.